The van der Waals surface area contributed by atoms with Crippen LogP contribution in [0.4, 0.5) is 10.6 Å². The van der Waals surface area contributed by atoms with Crippen LogP contribution in [-0.2, 0) is 11.8 Å². The van der Waals surface area contributed by atoms with Crippen LogP contribution in [0.5, 0.6) is 0 Å². The molecule has 1 N–H and O–H groups in total. The Hall–Kier alpha value is -3.95. The highest BCUT2D eigenvalue weighted by atomic mass is 16.6. The molecule has 10 heteroatoms. The number of aromatic nitrogens is 6. The second kappa shape index (κ2) is 9.11. The highest BCUT2D eigenvalue weighted by molar-refractivity contribution is 6.01. The molecule has 38 heavy (non-hydrogen) atoms. The van der Waals surface area contributed by atoms with Crippen LogP contribution in [0.1, 0.15) is 46.5 Å². The maximum Gasteiger partial charge on any atom is 0.410 e. The first kappa shape index (κ1) is 24.4. The highest BCUT2D eigenvalue weighted by Crippen LogP contribution is 2.39. The third-order valence-corrected chi connectivity index (χ3v) is 7.78. The minimum Gasteiger partial charge on any atom is -0.444 e. The molecule has 4 aromatic rings. The number of ether oxygens (including phenoxy) is 1. The number of amides is 1. The number of anilines is 1. The van der Waals surface area contributed by atoms with Gasteiger partial charge >= 0.3 is 6.09 Å². The van der Waals surface area contributed by atoms with E-state index in [1.165, 1.54) is 0 Å². The van der Waals surface area contributed by atoms with Crippen molar-refractivity contribution in [2.45, 2.75) is 70.2 Å². The van der Waals surface area contributed by atoms with Crippen LogP contribution in [0.2, 0.25) is 0 Å². The van der Waals surface area contributed by atoms with Gasteiger partial charge in [-0.25, -0.2) is 4.79 Å². The lowest BCUT2D eigenvalue weighted by Crippen LogP contribution is -2.53. The summed E-state index contributed by atoms with van der Waals surface area (Å²) >= 11 is 0. The van der Waals surface area contributed by atoms with Gasteiger partial charge in [0, 0.05) is 54.9 Å². The summed E-state index contributed by atoms with van der Waals surface area (Å²) in [6.07, 6.45) is 9.36. The van der Waals surface area contributed by atoms with E-state index < -0.39 is 5.60 Å². The van der Waals surface area contributed by atoms with Crippen molar-refractivity contribution in [2.24, 2.45) is 7.05 Å². The summed E-state index contributed by atoms with van der Waals surface area (Å²) in [5, 5.41) is 22.0. The SMILES string of the molecule is CN(c1ccc(-c2ccc(-c3cnn(C)c3)c3cn[nH]c23)nn1)C1C[C@H]2CC[C@@H](C1)N2C(=O)OC(C)(C)C. The third kappa shape index (κ3) is 4.37. The van der Waals surface area contributed by atoms with Gasteiger partial charge < -0.3 is 14.5 Å². The summed E-state index contributed by atoms with van der Waals surface area (Å²) in [4.78, 5) is 17.0. The maximum absolute atomic E-state index is 12.8. The van der Waals surface area contributed by atoms with Crippen molar-refractivity contribution in [1.82, 2.24) is 35.1 Å². The minimum absolute atomic E-state index is 0.185. The number of carbonyl (C=O) groups is 1. The summed E-state index contributed by atoms with van der Waals surface area (Å²) < 4.78 is 7.49. The lowest BCUT2D eigenvalue weighted by Gasteiger charge is -2.42. The van der Waals surface area contributed by atoms with Gasteiger partial charge in [0.15, 0.2) is 5.82 Å². The highest BCUT2D eigenvalue weighted by Gasteiger charge is 2.46. The Bertz CT molecular complexity index is 1450. The first-order valence-electron chi connectivity index (χ1n) is 13.2. The molecule has 1 unspecified atom stereocenters. The molecule has 3 atom stereocenters. The van der Waals surface area contributed by atoms with Gasteiger partial charge in [0.2, 0.25) is 0 Å². The Balaban J connectivity index is 1.19. The molecule has 0 saturated carbocycles. The summed E-state index contributed by atoms with van der Waals surface area (Å²) in [7, 11) is 3.99. The van der Waals surface area contributed by atoms with Crippen LogP contribution >= 0.6 is 0 Å². The fourth-order valence-electron chi connectivity index (χ4n) is 5.98. The molecule has 0 spiro atoms. The second-order valence-corrected chi connectivity index (χ2v) is 11.5. The van der Waals surface area contributed by atoms with Crippen LogP contribution in [0.3, 0.4) is 0 Å². The Morgan fingerprint density at radius 2 is 1.79 bits per heavy atom. The molecule has 2 aliphatic heterocycles. The van der Waals surface area contributed by atoms with Crippen molar-refractivity contribution in [3.8, 4) is 22.4 Å². The second-order valence-electron chi connectivity index (χ2n) is 11.5. The van der Waals surface area contributed by atoms with Crippen molar-refractivity contribution >= 4 is 22.8 Å². The van der Waals surface area contributed by atoms with Crippen molar-refractivity contribution in [1.29, 1.82) is 0 Å². The fourth-order valence-corrected chi connectivity index (χ4v) is 5.98. The number of rotatable bonds is 4. The van der Waals surface area contributed by atoms with Crippen molar-refractivity contribution in [3.63, 3.8) is 0 Å². The van der Waals surface area contributed by atoms with Gasteiger partial charge in [-0.15, -0.1) is 10.2 Å². The summed E-state index contributed by atoms with van der Waals surface area (Å²) in [6, 6.07) is 8.89. The largest absolute Gasteiger partial charge is 0.444 e. The average molecular weight is 515 g/mol. The molecular weight excluding hydrogens is 480 g/mol. The predicted molar refractivity (Wildman–Crippen MR) is 146 cm³/mol. The van der Waals surface area contributed by atoms with Gasteiger partial charge in [-0.1, -0.05) is 6.07 Å². The third-order valence-electron chi connectivity index (χ3n) is 7.78. The Morgan fingerprint density at radius 1 is 1.05 bits per heavy atom. The topological polar surface area (TPSA) is 105 Å². The van der Waals surface area contributed by atoms with E-state index >= 15 is 0 Å². The summed E-state index contributed by atoms with van der Waals surface area (Å²) in [5.74, 6) is 0.830. The lowest BCUT2D eigenvalue weighted by atomic mass is 9.96. The zero-order valence-electron chi connectivity index (χ0n) is 22.5. The number of benzene rings is 1. The van der Waals surface area contributed by atoms with E-state index in [-0.39, 0.29) is 18.2 Å². The van der Waals surface area contributed by atoms with E-state index in [2.05, 4.69) is 49.6 Å². The molecule has 6 rings (SSSR count). The number of aryl methyl sites for hydroxylation is 1. The van der Waals surface area contributed by atoms with Gasteiger partial charge in [0.1, 0.15) is 5.60 Å². The van der Waals surface area contributed by atoms with E-state index in [4.69, 9.17) is 4.74 Å². The molecule has 1 amide bonds. The van der Waals surface area contributed by atoms with Gasteiger partial charge in [-0.05, 0) is 70.2 Å². The number of fused-ring (bicyclic) bond motifs is 3. The number of carbonyl (C=O) groups excluding carboxylic acids is 1. The Morgan fingerprint density at radius 3 is 2.42 bits per heavy atom. The number of piperidine rings is 1. The summed E-state index contributed by atoms with van der Waals surface area (Å²) in [6.45, 7) is 5.76. The number of H-pyrrole nitrogens is 1. The van der Waals surface area contributed by atoms with Crippen LogP contribution in [0.15, 0.2) is 42.9 Å². The molecule has 198 valence electrons. The molecule has 2 fully saturated rings. The standard InChI is InChI=1S/C28H34N8O2/c1-28(2,3)38-27(37)36-18-6-7-19(36)13-20(12-18)35(5)25-11-10-24(31-32-25)22-9-8-21(17-14-30-34(4)16-17)23-15-29-33-26(22)23/h8-11,14-16,18-20H,6-7,12-13H2,1-5H3,(H,29,33)/t18-,19+,20?. The number of nitrogens with zero attached hydrogens (tertiary/aromatic N) is 7. The van der Waals surface area contributed by atoms with Gasteiger partial charge in [-0.3, -0.25) is 9.78 Å². The quantitative estimate of drug-likeness (QED) is 0.418. The van der Waals surface area contributed by atoms with E-state index in [1.807, 2.05) is 63.4 Å². The molecule has 2 bridgehead atoms. The first-order valence-corrected chi connectivity index (χ1v) is 13.2. The molecule has 3 aromatic heterocycles. The fraction of sp³-hybridized carbons (Fsp3) is 0.464. The predicted octanol–water partition coefficient (Wildman–Crippen LogP) is 4.79. The Kier molecular flexibility index (Phi) is 5.85. The van der Waals surface area contributed by atoms with Crippen LogP contribution in [0, 0.1) is 0 Å². The molecule has 1 aromatic carbocycles. The normalized spacial score (nSPS) is 21.2. The maximum atomic E-state index is 12.8. The van der Waals surface area contributed by atoms with Crippen molar-refractivity contribution in [2.75, 3.05) is 11.9 Å². The number of hydrogen-bond donors (Lipinski definition) is 1. The van der Waals surface area contributed by atoms with Crippen molar-refractivity contribution in [3.05, 3.63) is 42.9 Å². The molecule has 5 heterocycles. The molecule has 0 aliphatic carbocycles. The minimum atomic E-state index is -0.484. The average Bonchev–Trinajstić information content (AvgIpc) is 3.60. The van der Waals surface area contributed by atoms with Gasteiger partial charge in [0.25, 0.3) is 0 Å². The van der Waals surface area contributed by atoms with E-state index in [1.54, 1.807) is 4.68 Å². The van der Waals surface area contributed by atoms with Crippen LogP contribution < -0.4 is 4.90 Å². The zero-order chi connectivity index (χ0) is 26.6. The summed E-state index contributed by atoms with van der Waals surface area (Å²) in [5.41, 5.74) is 4.29. The molecule has 0 radical (unpaired) electrons. The number of nitrogens with one attached hydrogen (secondary N) is 1. The van der Waals surface area contributed by atoms with E-state index in [9.17, 15) is 4.79 Å². The number of aromatic amines is 1. The Labute approximate surface area is 222 Å². The van der Waals surface area contributed by atoms with Crippen molar-refractivity contribution < 1.29 is 9.53 Å². The number of hydrogen-bond acceptors (Lipinski definition) is 7. The molecule has 10 nitrogen and oxygen atoms in total. The zero-order valence-corrected chi connectivity index (χ0v) is 22.5. The lowest BCUT2D eigenvalue weighted by molar-refractivity contribution is 0.00597. The van der Waals surface area contributed by atoms with E-state index in [0.717, 1.165) is 64.8 Å². The smallest absolute Gasteiger partial charge is 0.410 e. The molecule has 2 saturated heterocycles. The van der Waals surface area contributed by atoms with E-state index in [0.29, 0.717) is 6.04 Å². The molecule has 2 aliphatic rings. The van der Waals surface area contributed by atoms with Crippen LogP contribution in [0.25, 0.3) is 33.3 Å². The monoisotopic (exact) mass is 514 g/mol. The van der Waals surface area contributed by atoms with Gasteiger partial charge in [0.05, 0.1) is 23.6 Å². The van der Waals surface area contributed by atoms with Crippen LogP contribution in [-0.4, -0.2) is 71.9 Å². The first-order chi connectivity index (χ1) is 18.2. The molecular formula is C28H34N8O2. The van der Waals surface area contributed by atoms with Gasteiger partial charge in [-0.2, -0.15) is 10.2 Å².